The van der Waals surface area contributed by atoms with Crippen LogP contribution in [-0.2, 0) is 4.74 Å². The second-order valence-electron chi connectivity index (χ2n) is 4.99. The molecule has 2 aliphatic carbocycles. The van der Waals surface area contributed by atoms with Crippen LogP contribution >= 0.6 is 0 Å². The lowest BCUT2D eigenvalue weighted by Gasteiger charge is -2.33. The smallest absolute Gasteiger partial charge is 0.374 e. The first-order valence-electron chi connectivity index (χ1n) is 5.70. The summed E-state index contributed by atoms with van der Waals surface area (Å²) in [5, 5.41) is 8.92. The lowest BCUT2D eigenvalue weighted by Crippen LogP contribution is -2.60. The van der Waals surface area contributed by atoms with Gasteiger partial charge in [-0.2, -0.15) is 26.3 Å². The number of alkyl halides is 6. The molecule has 2 aliphatic rings. The van der Waals surface area contributed by atoms with Crippen LogP contribution in [0.4, 0.5) is 26.3 Å². The molecule has 110 valence electrons. The van der Waals surface area contributed by atoms with Gasteiger partial charge in [-0.05, 0) is 18.8 Å². The van der Waals surface area contributed by atoms with Crippen molar-refractivity contribution in [2.45, 2.75) is 36.9 Å². The molecule has 0 radical (unpaired) electrons. The lowest BCUT2D eigenvalue weighted by atomic mass is 10.0. The summed E-state index contributed by atoms with van der Waals surface area (Å²) in [4.78, 5) is 0. The molecule has 0 spiro atoms. The summed E-state index contributed by atoms with van der Waals surface area (Å²) in [7, 11) is 0. The molecule has 3 atom stereocenters. The number of halogens is 6. The van der Waals surface area contributed by atoms with Gasteiger partial charge < -0.3 is 9.84 Å². The molecule has 8 heteroatoms. The molecule has 0 saturated heterocycles. The highest BCUT2D eigenvalue weighted by atomic mass is 19.4. The lowest BCUT2D eigenvalue weighted by molar-refractivity contribution is -0.380. The molecule has 0 amide bonds. The second-order valence-corrected chi connectivity index (χ2v) is 4.99. The Morgan fingerprint density at radius 2 is 1.58 bits per heavy atom. The highest BCUT2D eigenvalue weighted by molar-refractivity contribution is 5.11. The Labute approximate surface area is 105 Å². The Morgan fingerprint density at radius 3 is 1.95 bits per heavy atom. The Balaban J connectivity index is 2.04. The van der Waals surface area contributed by atoms with Gasteiger partial charge in [0.2, 0.25) is 0 Å². The highest BCUT2D eigenvalue weighted by Crippen LogP contribution is 2.45. The first-order chi connectivity index (χ1) is 8.54. The van der Waals surface area contributed by atoms with E-state index in [1.807, 2.05) is 6.08 Å². The van der Waals surface area contributed by atoms with E-state index in [9.17, 15) is 26.3 Å². The summed E-state index contributed by atoms with van der Waals surface area (Å²) in [6, 6.07) is 0. The van der Waals surface area contributed by atoms with Crippen molar-refractivity contribution in [3.05, 3.63) is 12.2 Å². The first kappa shape index (κ1) is 14.6. The largest absolute Gasteiger partial charge is 0.428 e. The molecule has 1 fully saturated rings. The average molecular weight is 290 g/mol. The minimum absolute atomic E-state index is 0.153. The predicted molar refractivity (Wildman–Crippen MR) is 52.2 cm³/mol. The number of aliphatic hydroxyl groups is 1. The zero-order valence-electron chi connectivity index (χ0n) is 9.63. The summed E-state index contributed by atoms with van der Waals surface area (Å²) in [6.07, 6.45) is -7.64. The average Bonchev–Trinajstić information content (AvgIpc) is 2.83. The zero-order chi connectivity index (χ0) is 14.5. The maximum atomic E-state index is 12.4. The van der Waals surface area contributed by atoms with Crippen LogP contribution in [0.1, 0.15) is 12.8 Å². The molecular weight excluding hydrogens is 278 g/mol. The molecule has 0 aromatic heterocycles. The standard InChI is InChI=1S/C11H12F6O2/c12-10(13,14)9(18,11(15,16)17)5-19-8-4-6-1-2-7(8)3-6/h1-2,6-8,18H,3-5H2/t6?,7?,8-/m0/s1. The zero-order valence-corrected chi connectivity index (χ0v) is 9.63. The van der Waals surface area contributed by atoms with E-state index in [0.29, 0.717) is 12.8 Å². The SMILES string of the molecule is OC(CO[C@H]1CC2C=CC1C2)(C(F)(F)F)C(F)(F)F. The van der Waals surface area contributed by atoms with Crippen LogP contribution in [0.15, 0.2) is 12.2 Å². The van der Waals surface area contributed by atoms with Gasteiger partial charge in [0, 0.05) is 5.92 Å². The molecule has 2 unspecified atom stereocenters. The Bertz CT molecular complexity index is 358. The molecule has 0 aromatic carbocycles. The summed E-state index contributed by atoms with van der Waals surface area (Å²) in [5.74, 6) is -0.00409. The van der Waals surface area contributed by atoms with Crippen LogP contribution in [0.25, 0.3) is 0 Å². The molecule has 2 rings (SSSR count). The molecule has 19 heavy (non-hydrogen) atoms. The third kappa shape index (κ3) is 2.47. The molecule has 1 saturated carbocycles. The Hall–Kier alpha value is -0.760. The summed E-state index contributed by atoms with van der Waals surface area (Å²) >= 11 is 0. The van der Waals surface area contributed by atoms with Crippen LogP contribution in [0, 0.1) is 11.8 Å². The van der Waals surface area contributed by atoms with Crippen molar-refractivity contribution < 1.29 is 36.2 Å². The molecule has 2 bridgehead atoms. The fraction of sp³-hybridized carbons (Fsp3) is 0.818. The van der Waals surface area contributed by atoms with Gasteiger partial charge in [-0.15, -0.1) is 0 Å². The van der Waals surface area contributed by atoms with Gasteiger partial charge in [-0.3, -0.25) is 0 Å². The van der Waals surface area contributed by atoms with Crippen molar-refractivity contribution in [2.24, 2.45) is 11.8 Å². The third-order valence-electron chi connectivity index (χ3n) is 3.66. The van der Waals surface area contributed by atoms with E-state index in [4.69, 9.17) is 9.84 Å². The predicted octanol–water partition coefficient (Wildman–Crippen LogP) is 2.82. The molecule has 1 N–H and O–H groups in total. The van der Waals surface area contributed by atoms with Crippen molar-refractivity contribution in [3.63, 3.8) is 0 Å². The van der Waals surface area contributed by atoms with Gasteiger partial charge in [0.15, 0.2) is 0 Å². The maximum absolute atomic E-state index is 12.4. The monoisotopic (exact) mass is 290 g/mol. The molecule has 0 heterocycles. The quantitative estimate of drug-likeness (QED) is 0.640. The normalized spacial score (nSPS) is 31.2. The second kappa shape index (κ2) is 4.37. The molecule has 0 aromatic rings. The fourth-order valence-electron chi connectivity index (χ4n) is 2.47. The highest BCUT2D eigenvalue weighted by Gasteiger charge is 2.71. The van der Waals surface area contributed by atoms with Crippen molar-refractivity contribution >= 4 is 0 Å². The van der Waals surface area contributed by atoms with Gasteiger partial charge in [-0.1, -0.05) is 12.2 Å². The van der Waals surface area contributed by atoms with E-state index < -0.39 is 30.7 Å². The summed E-state index contributed by atoms with van der Waals surface area (Å²) in [5.41, 5.74) is -4.81. The van der Waals surface area contributed by atoms with E-state index >= 15 is 0 Å². The van der Waals surface area contributed by atoms with E-state index in [1.54, 1.807) is 6.08 Å². The number of allylic oxidation sites excluding steroid dienone is 1. The molecule has 0 aliphatic heterocycles. The summed E-state index contributed by atoms with van der Waals surface area (Å²) in [6.45, 7) is -1.82. The number of hydrogen-bond acceptors (Lipinski definition) is 2. The van der Waals surface area contributed by atoms with Crippen LogP contribution in [-0.4, -0.2) is 35.8 Å². The number of hydrogen-bond donors (Lipinski definition) is 1. The molecule has 2 nitrogen and oxygen atoms in total. The third-order valence-corrected chi connectivity index (χ3v) is 3.66. The van der Waals surface area contributed by atoms with Crippen LogP contribution in [0.5, 0.6) is 0 Å². The first-order valence-corrected chi connectivity index (χ1v) is 5.70. The maximum Gasteiger partial charge on any atom is 0.428 e. The van der Waals surface area contributed by atoms with E-state index in [-0.39, 0.29) is 11.8 Å². The van der Waals surface area contributed by atoms with E-state index in [1.165, 1.54) is 0 Å². The van der Waals surface area contributed by atoms with Gasteiger partial charge in [0.05, 0.1) is 12.7 Å². The Kier molecular flexibility index (Phi) is 3.37. The number of rotatable bonds is 3. The summed E-state index contributed by atoms with van der Waals surface area (Å²) < 4.78 is 79.1. The Morgan fingerprint density at radius 1 is 1.00 bits per heavy atom. The van der Waals surface area contributed by atoms with Gasteiger partial charge in [0.1, 0.15) is 0 Å². The van der Waals surface area contributed by atoms with Gasteiger partial charge >= 0.3 is 12.4 Å². The van der Waals surface area contributed by atoms with Crippen molar-refractivity contribution in [3.8, 4) is 0 Å². The van der Waals surface area contributed by atoms with E-state index in [0.717, 1.165) is 0 Å². The number of ether oxygens (including phenoxy) is 1. The molecular formula is C11H12F6O2. The topological polar surface area (TPSA) is 29.5 Å². The van der Waals surface area contributed by atoms with Crippen LogP contribution < -0.4 is 0 Å². The van der Waals surface area contributed by atoms with Crippen molar-refractivity contribution in [1.29, 1.82) is 0 Å². The minimum atomic E-state index is -5.82. The van der Waals surface area contributed by atoms with Crippen molar-refractivity contribution in [1.82, 2.24) is 0 Å². The van der Waals surface area contributed by atoms with Crippen molar-refractivity contribution in [2.75, 3.05) is 6.61 Å². The van der Waals surface area contributed by atoms with Gasteiger partial charge in [-0.25, -0.2) is 0 Å². The number of fused-ring (bicyclic) bond motifs is 2. The van der Waals surface area contributed by atoms with E-state index in [2.05, 4.69) is 0 Å². The minimum Gasteiger partial charge on any atom is -0.374 e. The fourth-order valence-corrected chi connectivity index (χ4v) is 2.47. The van der Waals surface area contributed by atoms with Crippen LogP contribution in [0.3, 0.4) is 0 Å². The van der Waals surface area contributed by atoms with Crippen LogP contribution in [0.2, 0.25) is 0 Å². The van der Waals surface area contributed by atoms with Gasteiger partial charge in [0.25, 0.3) is 5.60 Å².